The van der Waals surface area contributed by atoms with E-state index in [1.165, 1.54) is 7.11 Å². The molecule has 0 saturated carbocycles. The maximum Gasteiger partial charge on any atom is 0.186 e. The minimum atomic E-state index is -1.38. The molecule has 2 unspecified atom stereocenters. The minimum absolute atomic E-state index is 0.376. The average Bonchev–Trinajstić information content (AvgIpc) is 2.25. The lowest BCUT2D eigenvalue weighted by molar-refractivity contribution is -0.304. The van der Waals surface area contributed by atoms with Gasteiger partial charge in [-0.25, -0.2) is 0 Å². The number of rotatable bonds is 3. The maximum absolute atomic E-state index is 9.57. The third kappa shape index (κ3) is 2.47. The highest BCUT2D eigenvalue weighted by molar-refractivity contribution is 4.91. The summed E-state index contributed by atoms with van der Waals surface area (Å²) in [6.07, 6.45) is -6.52. The highest BCUT2D eigenvalue weighted by Gasteiger charge is 2.46. The Morgan fingerprint density at radius 2 is 1.80 bits per heavy atom. The van der Waals surface area contributed by atoms with Crippen LogP contribution in [0.5, 0.6) is 0 Å². The van der Waals surface area contributed by atoms with Crippen LogP contribution in [0.2, 0.25) is 0 Å². The van der Waals surface area contributed by atoms with Crippen molar-refractivity contribution < 1.29 is 29.9 Å². The molecule has 0 aromatic rings. The SMILES string of the molecule is CCC(O)[C@H]1OC(OC)[C@H](O)[C@@H](O)[C@@H]1O. The largest absolute Gasteiger partial charge is 0.390 e. The molecule has 0 aromatic carbocycles. The van der Waals surface area contributed by atoms with E-state index in [0.29, 0.717) is 6.42 Å². The molecule has 0 bridgehead atoms. The van der Waals surface area contributed by atoms with Gasteiger partial charge in [0.15, 0.2) is 6.29 Å². The third-order valence-electron chi connectivity index (χ3n) is 2.64. The second-order valence-electron chi connectivity index (χ2n) is 3.65. The standard InChI is InChI=1S/C9H18O6/c1-3-4(10)8-6(12)5(11)7(13)9(14-2)15-8/h4-13H,3H2,1-2H3/t4?,5-,6-,7+,8+,9?/m0/s1. The van der Waals surface area contributed by atoms with Gasteiger partial charge in [0.2, 0.25) is 0 Å². The summed E-state index contributed by atoms with van der Waals surface area (Å²) in [4.78, 5) is 0. The molecular formula is C9H18O6. The van der Waals surface area contributed by atoms with Gasteiger partial charge >= 0.3 is 0 Å². The topological polar surface area (TPSA) is 99.4 Å². The lowest BCUT2D eigenvalue weighted by atomic mass is 9.94. The van der Waals surface area contributed by atoms with Crippen LogP contribution >= 0.6 is 0 Å². The van der Waals surface area contributed by atoms with Crippen LogP contribution in [0, 0.1) is 0 Å². The minimum Gasteiger partial charge on any atom is -0.390 e. The highest BCUT2D eigenvalue weighted by Crippen LogP contribution is 2.24. The average molecular weight is 222 g/mol. The number of ether oxygens (including phenoxy) is 2. The summed E-state index contributed by atoms with van der Waals surface area (Å²) >= 11 is 0. The van der Waals surface area contributed by atoms with Crippen LogP contribution in [0.4, 0.5) is 0 Å². The molecule has 1 rings (SSSR count). The van der Waals surface area contributed by atoms with Crippen molar-refractivity contribution in [1.29, 1.82) is 0 Å². The highest BCUT2D eigenvalue weighted by atomic mass is 16.7. The molecule has 6 atom stereocenters. The first-order valence-electron chi connectivity index (χ1n) is 4.93. The summed E-state index contributed by atoms with van der Waals surface area (Å²) in [6.45, 7) is 1.72. The normalized spacial score (nSPS) is 44.0. The molecule has 0 aliphatic carbocycles. The van der Waals surface area contributed by atoms with Gasteiger partial charge < -0.3 is 29.9 Å². The van der Waals surface area contributed by atoms with Crippen molar-refractivity contribution in [3.8, 4) is 0 Å². The fourth-order valence-electron chi connectivity index (χ4n) is 1.62. The predicted octanol–water partition coefficient (Wildman–Crippen LogP) is -1.79. The lowest BCUT2D eigenvalue weighted by Crippen LogP contribution is -2.60. The summed E-state index contributed by atoms with van der Waals surface area (Å²) in [5.74, 6) is 0. The number of aliphatic hydroxyl groups is 4. The van der Waals surface area contributed by atoms with Crippen molar-refractivity contribution in [3.05, 3.63) is 0 Å². The van der Waals surface area contributed by atoms with Crippen LogP contribution in [0.25, 0.3) is 0 Å². The summed E-state index contributed by atoms with van der Waals surface area (Å²) in [7, 11) is 1.31. The zero-order chi connectivity index (χ0) is 11.6. The Bertz CT molecular complexity index is 197. The number of methoxy groups -OCH3 is 1. The van der Waals surface area contributed by atoms with Crippen LogP contribution in [0.1, 0.15) is 13.3 Å². The smallest absolute Gasteiger partial charge is 0.186 e. The molecule has 1 aliphatic rings. The van der Waals surface area contributed by atoms with Gasteiger partial charge in [0.1, 0.15) is 24.4 Å². The van der Waals surface area contributed by atoms with E-state index in [4.69, 9.17) is 9.47 Å². The molecule has 0 spiro atoms. The van der Waals surface area contributed by atoms with Crippen molar-refractivity contribution in [1.82, 2.24) is 0 Å². The Morgan fingerprint density at radius 3 is 2.27 bits per heavy atom. The van der Waals surface area contributed by atoms with E-state index in [1.54, 1.807) is 6.92 Å². The Labute approximate surface area is 88.1 Å². The van der Waals surface area contributed by atoms with Gasteiger partial charge in [0.25, 0.3) is 0 Å². The van der Waals surface area contributed by atoms with E-state index in [0.717, 1.165) is 0 Å². The van der Waals surface area contributed by atoms with Gasteiger partial charge in [-0.3, -0.25) is 0 Å². The zero-order valence-corrected chi connectivity index (χ0v) is 8.78. The Balaban J connectivity index is 2.74. The molecule has 6 nitrogen and oxygen atoms in total. The first-order valence-corrected chi connectivity index (χ1v) is 4.93. The number of hydrogen-bond donors (Lipinski definition) is 4. The van der Waals surface area contributed by atoms with E-state index in [1.807, 2.05) is 0 Å². The van der Waals surface area contributed by atoms with E-state index in [9.17, 15) is 20.4 Å². The molecule has 1 fully saturated rings. The fraction of sp³-hybridized carbons (Fsp3) is 1.00. The van der Waals surface area contributed by atoms with Crippen molar-refractivity contribution in [2.24, 2.45) is 0 Å². The molecule has 0 aromatic heterocycles. The zero-order valence-electron chi connectivity index (χ0n) is 8.78. The second-order valence-corrected chi connectivity index (χ2v) is 3.65. The van der Waals surface area contributed by atoms with Gasteiger partial charge in [-0.1, -0.05) is 6.92 Å². The van der Waals surface area contributed by atoms with Crippen LogP contribution in [0.3, 0.4) is 0 Å². The predicted molar refractivity (Wildman–Crippen MR) is 50.0 cm³/mol. The van der Waals surface area contributed by atoms with Crippen LogP contribution in [0.15, 0.2) is 0 Å². The molecule has 1 heterocycles. The molecule has 15 heavy (non-hydrogen) atoms. The Hall–Kier alpha value is -0.240. The van der Waals surface area contributed by atoms with E-state index in [2.05, 4.69) is 0 Å². The first kappa shape index (κ1) is 12.8. The lowest BCUT2D eigenvalue weighted by Gasteiger charge is -2.41. The Morgan fingerprint density at radius 1 is 1.20 bits per heavy atom. The second kappa shape index (κ2) is 5.20. The third-order valence-corrected chi connectivity index (χ3v) is 2.64. The molecule has 0 radical (unpaired) electrons. The van der Waals surface area contributed by atoms with E-state index < -0.39 is 36.8 Å². The van der Waals surface area contributed by atoms with Gasteiger partial charge in [0.05, 0.1) is 6.10 Å². The molecule has 1 saturated heterocycles. The molecule has 1 aliphatic heterocycles. The van der Waals surface area contributed by atoms with Gasteiger partial charge in [-0.15, -0.1) is 0 Å². The maximum atomic E-state index is 9.57. The fourth-order valence-corrected chi connectivity index (χ4v) is 1.62. The van der Waals surface area contributed by atoms with E-state index in [-0.39, 0.29) is 0 Å². The van der Waals surface area contributed by atoms with Crippen molar-refractivity contribution in [3.63, 3.8) is 0 Å². The first-order chi connectivity index (χ1) is 7.02. The van der Waals surface area contributed by atoms with Gasteiger partial charge in [-0.05, 0) is 6.42 Å². The monoisotopic (exact) mass is 222 g/mol. The van der Waals surface area contributed by atoms with Crippen LogP contribution < -0.4 is 0 Å². The summed E-state index contributed by atoms with van der Waals surface area (Å²) < 4.78 is 9.94. The molecule has 6 heteroatoms. The van der Waals surface area contributed by atoms with Crippen LogP contribution in [-0.4, -0.2) is 64.3 Å². The van der Waals surface area contributed by atoms with Gasteiger partial charge in [-0.2, -0.15) is 0 Å². The summed E-state index contributed by atoms with van der Waals surface area (Å²) in [5, 5.41) is 38.0. The Kier molecular flexibility index (Phi) is 4.45. The summed E-state index contributed by atoms with van der Waals surface area (Å²) in [5.41, 5.74) is 0. The van der Waals surface area contributed by atoms with Crippen molar-refractivity contribution in [2.45, 2.75) is 50.2 Å². The molecule has 90 valence electrons. The van der Waals surface area contributed by atoms with Crippen molar-refractivity contribution >= 4 is 0 Å². The number of hydrogen-bond acceptors (Lipinski definition) is 6. The van der Waals surface area contributed by atoms with E-state index >= 15 is 0 Å². The quantitative estimate of drug-likeness (QED) is 0.450. The summed E-state index contributed by atoms with van der Waals surface area (Å²) in [6, 6.07) is 0. The van der Waals surface area contributed by atoms with Crippen LogP contribution in [-0.2, 0) is 9.47 Å². The number of aliphatic hydroxyl groups excluding tert-OH is 4. The molecule has 4 N–H and O–H groups in total. The van der Waals surface area contributed by atoms with Gasteiger partial charge in [0, 0.05) is 7.11 Å². The molecular weight excluding hydrogens is 204 g/mol. The van der Waals surface area contributed by atoms with Crippen molar-refractivity contribution in [2.75, 3.05) is 7.11 Å². The molecule has 0 amide bonds.